The molecule has 1 N–H and O–H groups in total. The molecule has 2 rings (SSSR count). The van der Waals surface area contributed by atoms with E-state index in [0.29, 0.717) is 6.61 Å². The molecule has 2 aromatic rings. The van der Waals surface area contributed by atoms with Gasteiger partial charge in [-0.3, -0.25) is 0 Å². The van der Waals surface area contributed by atoms with Gasteiger partial charge >= 0.3 is 0 Å². The zero-order valence-electron chi connectivity index (χ0n) is 11.0. The molecule has 102 valence electrons. The molecule has 0 aliphatic carbocycles. The Labute approximate surface area is 112 Å². The van der Waals surface area contributed by atoms with Crippen LogP contribution in [0.3, 0.4) is 0 Å². The molecule has 0 aliphatic heterocycles. The Morgan fingerprint density at radius 2 is 2.11 bits per heavy atom. The maximum atomic E-state index is 12.8. The fourth-order valence-corrected chi connectivity index (χ4v) is 1.82. The highest BCUT2D eigenvalue weighted by Gasteiger charge is 2.02. The van der Waals surface area contributed by atoms with Gasteiger partial charge in [0.1, 0.15) is 5.82 Å². The van der Waals surface area contributed by atoms with E-state index in [4.69, 9.17) is 4.74 Å². The smallest absolute Gasteiger partial charge is 0.202 e. The molecular weight excluding hydrogens is 245 g/mol. The first-order valence-corrected chi connectivity index (χ1v) is 6.28. The number of aryl methyl sites for hydroxylation is 2. The Balaban J connectivity index is 1.88. The van der Waals surface area contributed by atoms with Crippen LogP contribution in [-0.4, -0.2) is 29.8 Å². The standard InChI is InChI=1S/C14H18FN3O/c1-19-11-8-17-14-16-7-10-18(14)9-6-12-2-4-13(15)5-3-12/h2-5,7,10H,6,8-9,11H2,1H3,(H,16,17). The van der Waals surface area contributed by atoms with Crippen LogP contribution in [0.15, 0.2) is 36.7 Å². The Bertz CT molecular complexity index is 496. The lowest BCUT2D eigenvalue weighted by molar-refractivity contribution is 0.210. The van der Waals surface area contributed by atoms with Crippen molar-refractivity contribution in [1.82, 2.24) is 9.55 Å². The summed E-state index contributed by atoms with van der Waals surface area (Å²) in [6.07, 6.45) is 4.54. The topological polar surface area (TPSA) is 39.1 Å². The second-order valence-corrected chi connectivity index (χ2v) is 4.24. The monoisotopic (exact) mass is 263 g/mol. The van der Waals surface area contributed by atoms with E-state index < -0.39 is 0 Å². The Kier molecular flexibility index (Phi) is 4.92. The predicted octanol–water partition coefficient (Wildman–Crippen LogP) is 2.32. The van der Waals surface area contributed by atoms with E-state index in [0.717, 1.165) is 31.0 Å². The van der Waals surface area contributed by atoms with Crippen molar-refractivity contribution in [1.29, 1.82) is 0 Å². The third kappa shape index (κ3) is 4.06. The number of nitrogens with one attached hydrogen (secondary N) is 1. The number of benzene rings is 1. The summed E-state index contributed by atoms with van der Waals surface area (Å²) in [5.41, 5.74) is 1.11. The van der Waals surface area contributed by atoms with Crippen LogP contribution in [0.2, 0.25) is 0 Å². The molecule has 0 spiro atoms. The van der Waals surface area contributed by atoms with Crippen molar-refractivity contribution in [2.45, 2.75) is 13.0 Å². The highest BCUT2D eigenvalue weighted by Crippen LogP contribution is 2.08. The number of rotatable bonds is 7. The minimum atomic E-state index is -0.201. The van der Waals surface area contributed by atoms with Gasteiger partial charge in [0.25, 0.3) is 0 Å². The minimum absolute atomic E-state index is 0.201. The van der Waals surface area contributed by atoms with Gasteiger partial charge in [-0.05, 0) is 24.1 Å². The molecule has 0 aliphatic rings. The number of imidazole rings is 1. The number of hydrogen-bond donors (Lipinski definition) is 1. The quantitative estimate of drug-likeness (QED) is 0.779. The van der Waals surface area contributed by atoms with Crippen LogP contribution in [0.1, 0.15) is 5.56 Å². The average molecular weight is 263 g/mol. The van der Waals surface area contributed by atoms with Gasteiger partial charge in [-0.15, -0.1) is 0 Å². The van der Waals surface area contributed by atoms with Crippen LogP contribution >= 0.6 is 0 Å². The van der Waals surface area contributed by atoms with Gasteiger partial charge in [0.05, 0.1) is 6.61 Å². The molecule has 0 unspecified atom stereocenters. The van der Waals surface area contributed by atoms with E-state index in [9.17, 15) is 4.39 Å². The summed E-state index contributed by atoms with van der Waals surface area (Å²) in [6.45, 7) is 2.18. The van der Waals surface area contributed by atoms with E-state index in [2.05, 4.69) is 10.3 Å². The van der Waals surface area contributed by atoms with Gasteiger partial charge in [0, 0.05) is 32.6 Å². The van der Waals surface area contributed by atoms with Gasteiger partial charge in [-0.25, -0.2) is 9.37 Å². The molecule has 0 fully saturated rings. The third-order valence-electron chi connectivity index (χ3n) is 2.86. The van der Waals surface area contributed by atoms with Crippen molar-refractivity contribution in [3.8, 4) is 0 Å². The number of methoxy groups -OCH3 is 1. The molecule has 0 amide bonds. The van der Waals surface area contributed by atoms with Crippen LogP contribution in [0.4, 0.5) is 10.3 Å². The van der Waals surface area contributed by atoms with Gasteiger partial charge in [0.2, 0.25) is 5.95 Å². The summed E-state index contributed by atoms with van der Waals surface area (Å²) >= 11 is 0. The van der Waals surface area contributed by atoms with Crippen molar-refractivity contribution in [3.63, 3.8) is 0 Å². The first-order valence-electron chi connectivity index (χ1n) is 6.28. The van der Waals surface area contributed by atoms with Gasteiger partial charge in [0.15, 0.2) is 0 Å². The second kappa shape index (κ2) is 6.89. The van der Waals surface area contributed by atoms with Crippen molar-refractivity contribution in [3.05, 3.63) is 48.0 Å². The number of anilines is 1. The van der Waals surface area contributed by atoms with Gasteiger partial charge in [-0.2, -0.15) is 0 Å². The molecule has 1 heterocycles. The molecule has 1 aromatic carbocycles. The van der Waals surface area contributed by atoms with E-state index in [1.165, 1.54) is 12.1 Å². The van der Waals surface area contributed by atoms with Crippen LogP contribution < -0.4 is 5.32 Å². The Hall–Kier alpha value is -1.88. The zero-order valence-corrected chi connectivity index (χ0v) is 11.0. The molecule has 0 atom stereocenters. The van der Waals surface area contributed by atoms with E-state index in [1.807, 2.05) is 22.9 Å². The summed E-state index contributed by atoms with van der Waals surface area (Å²) in [7, 11) is 1.67. The van der Waals surface area contributed by atoms with Gasteiger partial charge < -0.3 is 14.6 Å². The SMILES string of the molecule is COCCNc1nccn1CCc1ccc(F)cc1. The summed E-state index contributed by atoms with van der Waals surface area (Å²) in [5.74, 6) is 0.632. The molecule has 1 aromatic heterocycles. The van der Waals surface area contributed by atoms with E-state index >= 15 is 0 Å². The lowest BCUT2D eigenvalue weighted by atomic mass is 10.1. The number of nitrogens with zero attached hydrogens (tertiary/aromatic N) is 2. The number of ether oxygens (including phenoxy) is 1. The molecule has 0 saturated carbocycles. The van der Waals surface area contributed by atoms with E-state index in [1.54, 1.807) is 13.3 Å². The largest absolute Gasteiger partial charge is 0.383 e. The summed E-state index contributed by atoms with van der Waals surface area (Å²) in [5, 5.41) is 3.21. The number of hydrogen-bond acceptors (Lipinski definition) is 3. The maximum absolute atomic E-state index is 12.8. The molecule has 19 heavy (non-hydrogen) atoms. The van der Waals surface area contributed by atoms with Crippen molar-refractivity contribution >= 4 is 5.95 Å². The Morgan fingerprint density at radius 1 is 1.32 bits per heavy atom. The minimum Gasteiger partial charge on any atom is -0.383 e. The fourth-order valence-electron chi connectivity index (χ4n) is 1.82. The average Bonchev–Trinajstić information content (AvgIpc) is 2.86. The van der Waals surface area contributed by atoms with E-state index in [-0.39, 0.29) is 5.82 Å². The normalized spacial score (nSPS) is 10.6. The first kappa shape index (κ1) is 13.5. The zero-order chi connectivity index (χ0) is 13.5. The summed E-state index contributed by atoms with van der Waals surface area (Å²) in [4.78, 5) is 4.25. The molecule has 5 heteroatoms. The third-order valence-corrected chi connectivity index (χ3v) is 2.86. The van der Waals surface area contributed by atoms with Crippen molar-refractivity contribution in [2.24, 2.45) is 0 Å². The van der Waals surface area contributed by atoms with Crippen molar-refractivity contribution < 1.29 is 9.13 Å². The number of aromatic nitrogens is 2. The number of halogens is 1. The van der Waals surface area contributed by atoms with Crippen LogP contribution in [-0.2, 0) is 17.7 Å². The molecular formula is C14H18FN3O. The highest BCUT2D eigenvalue weighted by molar-refractivity contribution is 5.26. The van der Waals surface area contributed by atoms with Crippen molar-refractivity contribution in [2.75, 3.05) is 25.6 Å². The molecule has 0 radical (unpaired) electrons. The lowest BCUT2D eigenvalue weighted by Gasteiger charge is -2.09. The van der Waals surface area contributed by atoms with Gasteiger partial charge in [-0.1, -0.05) is 12.1 Å². The lowest BCUT2D eigenvalue weighted by Crippen LogP contribution is -2.13. The first-order chi connectivity index (χ1) is 9.29. The molecule has 0 saturated heterocycles. The second-order valence-electron chi connectivity index (χ2n) is 4.24. The Morgan fingerprint density at radius 3 is 2.84 bits per heavy atom. The highest BCUT2D eigenvalue weighted by atomic mass is 19.1. The predicted molar refractivity (Wildman–Crippen MR) is 72.7 cm³/mol. The van der Waals surface area contributed by atoms with Crippen LogP contribution in [0, 0.1) is 5.82 Å². The summed E-state index contributed by atoms with van der Waals surface area (Å²) in [6, 6.07) is 6.59. The maximum Gasteiger partial charge on any atom is 0.202 e. The van der Waals surface area contributed by atoms with Crippen LogP contribution in [0.25, 0.3) is 0 Å². The molecule has 0 bridgehead atoms. The molecule has 4 nitrogen and oxygen atoms in total. The fraction of sp³-hybridized carbons (Fsp3) is 0.357. The van der Waals surface area contributed by atoms with Crippen LogP contribution in [0.5, 0.6) is 0 Å². The summed E-state index contributed by atoms with van der Waals surface area (Å²) < 4.78 is 19.8.